The van der Waals surface area contributed by atoms with Gasteiger partial charge in [0.1, 0.15) is 18.1 Å². The fraction of sp³-hybridized carbons (Fsp3) is 0.278. The van der Waals surface area contributed by atoms with Crippen LogP contribution in [0.2, 0.25) is 10.0 Å². The third-order valence-corrected chi connectivity index (χ3v) is 3.78. The maximum Gasteiger partial charge on any atom is 0.261 e. The highest BCUT2D eigenvalue weighted by molar-refractivity contribution is 6.32. The molecule has 128 valence electrons. The molecule has 0 aliphatic carbocycles. The summed E-state index contributed by atoms with van der Waals surface area (Å²) in [6, 6.07) is 14.2. The first kappa shape index (κ1) is 18.4. The van der Waals surface area contributed by atoms with Gasteiger partial charge >= 0.3 is 0 Å². The molecule has 6 heteroatoms. The fourth-order valence-corrected chi connectivity index (χ4v) is 2.41. The van der Waals surface area contributed by atoms with E-state index in [1.165, 1.54) is 0 Å². The number of halogens is 2. The Labute approximate surface area is 151 Å². The number of amides is 1. The summed E-state index contributed by atoms with van der Waals surface area (Å²) in [6.07, 6.45) is -0.0345. The van der Waals surface area contributed by atoms with Crippen molar-refractivity contribution >= 4 is 29.1 Å². The summed E-state index contributed by atoms with van der Waals surface area (Å²) in [5.41, 5.74) is 0. The summed E-state index contributed by atoms with van der Waals surface area (Å²) in [6.45, 7) is 2.57. The van der Waals surface area contributed by atoms with Gasteiger partial charge < -0.3 is 14.8 Å². The molecule has 0 radical (unpaired) electrons. The van der Waals surface area contributed by atoms with Crippen molar-refractivity contribution in [1.82, 2.24) is 5.32 Å². The molecule has 2 aromatic rings. The number of para-hydroxylation sites is 1. The first-order chi connectivity index (χ1) is 11.6. The van der Waals surface area contributed by atoms with Crippen molar-refractivity contribution in [3.63, 3.8) is 0 Å². The minimum Gasteiger partial charge on any atom is -0.490 e. The van der Waals surface area contributed by atoms with Crippen LogP contribution < -0.4 is 14.8 Å². The van der Waals surface area contributed by atoms with E-state index in [9.17, 15) is 4.79 Å². The van der Waals surface area contributed by atoms with E-state index in [4.69, 9.17) is 32.7 Å². The number of carbonyl (C=O) groups excluding carboxylic acids is 1. The number of hydrogen-bond donors (Lipinski definition) is 1. The predicted octanol–water partition coefficient (Wildman–Crippen LogP) is 4.35. The summed E-state index contributed by atoms with van der Waals surface area (Å²) >= 11 is 11.9. The molecule has 0 spiro atoms. The lowest BCUT2D eigenvalue weighted by Gasteiger charge is -2.17. The molecule has 2 aromatic carbocycles. The lowest BCUT2D eigenvalue weighted by atomic mass is 10.2. The SMILES string of the molecule is CC[C@H](Oc1cccc(Cl)c1)C(=O)NCCOc1ccccc1Cl. The zero-order valence-corrected chi connectivity index (χ0v) is 14.8. The van der Waals surface area contributed by atoms with E-state index in [-0.39, 0.29) is 5.91 Å². The van der Waals surface area contributed by atoms with E-state index < -0.39 is 6.10 Å². The van der Waals surface area contributed by atoms with Crippen LogP contribution in [0.3, 0.4) is 0 Å². The Kier molecular flexibility index (Phi) is 7.22. The van der Waals surface area contributed by atoms with Crippen molar-refractivity contribution in [2.75, 3.05) is 13.2 Å². The van der Waals surface area contributed by atoms with Gasteiger partial charge in [-0.3, -0.25) is 4.79 Å². The van der Waals surface area contributed by atoms with Gasteiger partial charge in [-0.2, -0.15) is 0 Å². The average Bonchev–Trinajstić information content (AvgIpc) is 2.58. The van der Waals surface area contributed by atoms with Gasteiger partial charge in [-0.15, -0.1) is 0 Å². The highest BCUT2D eigenvalue weighted by atomic mass is 35.5. The van der Waals surface area contributed by atoms with Gasteiger partial charge in [0.15, 0.2) is 6.10 Å². The molecular weight excluding hydrogens is 349 g/mol. The maximum atomic E-state index is 12.2. The van der Waals surface area contributed by atoms with E-state index >= 15 is 0 Å². The quantitative estimate of drug-likeness (QED) is 0.705. The Morgan fingerprint density at radius 1 is 1.17 bits per heavy atom. The van der Waals surface area contributed by atoms with Gasteiger partial charge in [-0.05, 0) is 36.8 Å². The van der Waals surface area contributed by atoms with Gasteiger partial charge in [-0.1, -0.05) is 48.3 Å². The summed E-state index contributed by atoms with van der Waals surface area (Å²) in [5.74, 6) is 0.965. The minimum atomic E-state index is -0.580. The molecule has 24 heavy (non-hydrogen) atoms. The minimum absolute atomic E-state index is 0.194. The summed E-state index contributed by atoms with van der Waals surface area (Å²) in [7, 11) is 0. The molecule has 0 aromatic heterocycles. The molecule has 0 aliphatic heterocycles. The smallest absolute Gasteiger partial charge is 0.261 e. The molecule has 0 unspecified atom stereocenters. The molecule has 1 N–H and O–H groups in total. The lowest BCUT2D eigenvalue weighted by Crippen LogP contribution is -2.39. The monoisotopic (exact) mass is 367 g/mol. The van der Waals surface area contributed by atoms with Crippen LogP contribution in [0.5, 0.6) is 11.5 Å². The van der Waals surface area contributed by atoms with E-state index in [1.54, 1.807) is 36.4 Å². The number of nitrogens with one attached hydrogen (secondary N) is 1. The molecule has 1 amide bonds. The first-order valence-corrected chi connectivity index (χ1v) is 8.43. The summed E-state index contributed by atoms with van der Waals surface area (Å²) in [4.78, 5) is 12.2. The molecule has 0 fully saturated rings. The number of rotatable bonds is 8. The maximum absolute atomic E-state index is 12.2. The molecule has 0 bridgehead atoms. The van der Waals surface area contributed by atoms with Crippen molar-refractivity contribution in [2.24, 2.45) is 0 Å². The topological polar surface area (TPSA) is 47.6 Å². The normalized spacial score (nSPS) is 11.6. The second-order valence-electron chi connectivity index (χ2n) is 5.04. The highest BCUT2D eigenvalue weighted by Gasteiger charge is 2.18. The van der Waals surface area contributed by atoms with Crippen molar-refractivity contribution in [3.05, 3.63) is 58.6 Å². The predicted molar refractivity (Wildman–Crippen MR) is 96.1 cm³/mol. The Morgan fingerprint density at radius 3 is 2.67 bits per heavy atom. The third kappa shape index (κ3) is 5.62. The van der Waals surface area contributed by atoms with E-state index in [1.807, 2.05) is 19.1 Å². The average molecular weight is 368 g/mol. The van der Waals surface area contributed by atoms with Gasteiger partial charge in [0.05, 0.1) is 11.6 Å². The summed E-state index contributed by atoms with van der Waals surface area (Å²) in [5, 5.41) is 3.90. The second-order valence-corrected chi connectivity index (χ2v) is 5.89. The molecule has 0 saturated heterocycles. The first-order valence-electron chi connectivity index (χ1n) is 7.67. The van der Waals surface area contributed by atoms with Crippen LogP contribution in [0.1, 0.15) is 13.3 Å². The molecule has 0 heterocycles. The van der Waals surface area contributed by atoms with Crippen molar-refractivity contribution < 1.29 is 14.3 Å². The molecule has 4 nitrogen and oxygen atoms in total. The zero-order valence-electron chi connectivity index (χ0n) is 13.3. The fourth-order valence-electron chi connectivity index (χ4n) is 2.04. The van der Waals surface area contributed by atoms with E-state index in [0.717, 1.165) is 0 Å². The van der Waals surface area contributed by atoms with Crippen LogP contribution >= 0.6 is 23.2 Å². The Bertz CT molecular complexity index is 679. The van der Waals surface area contributed by atoms with Crippen molar-refractivity contribution in [2.45, 2.75) is 19.4 Å². The zero-order chi connectivity index (χ0) is 17.4. The molecule has 0 saturated carbocycles. The standard InChI is InChI=1S/C18H19Cl2NO3/c1-2-16(24-14-7-5-6-13(19)12-14)18(22)21-10-11-23-17-9-4-3-8-15(17)20/h3-9,12,16H,2,10-11H2,1H3,(H,21,22)/t16-/m0/s1. The van der Waals surface area contributed by atoms with Crippen LogP contribution in [-0.2, 0) is 4.79 Å². The molecule has 2 rings (SSSR count). The van der Waals surface area contributed by atoms with Crippen molar-refractivity contribution in [1.29, 1.82) is 0 Å². The largest absolute Gasteiger partial charge is 0.490 e. The van der Waals surface area contributed by atoms with Crippen LogP contribution in [0.15, 0.2) is 48.5 Å². The van der Waals surface area contributed by atoms with E-state index in [2.05, 4.69) is 5.32 Å². The Balaban J connectivity index is 1.78. The van der Waals surface area contributed by atoms with Gasteiger partial charge in [0.25, 0.3) is 5.91 Å². The molecular formula is C18H19Cl2NO3. The lowest BCUT2D eigenvalue weighted by molar-refractivity contribution is -0.128. The Morgan fingerprint density at radius 2 is 1.96 bits per heavy atom. The van der Waals surface area contributed by atoms with Crippen LogP contribution in [0, 0.1) is 0 Å². The van der Waals surface area contributed by atoms with Crippen LogP contribution in [0.25, 0.3) is 0 Å². The second kappa shape index (κ2) is 9.40. The van der Waals surface area contributed by atoms with Crippen LogP contribution in [0.4, 0.5) is 0 Å². The van der Waals surface area contributed by atoms with Gasteiger partial charge in [-0.25, -0.2) is 0 Å². The summed E-state index contributed by atoms with van der Waals surface area (Å²) < 4.78 is 11.2. The highest BCUT2D eigenvalue weighted by Crippen LogP contribution is 2.22. The number of benzene rings is 2. The molecule has 1 atom stereocenters. The van der Waals surface area contributed by atoms with E-state index in [0.29, 0.717) is 41.1 Å². The Hall–Kier alpha value is -1.91. The van der Waals surface area contributed by atoms with Gasteiger partial charge in [0, 0.05) is 5.02 Å². The third-order valence-electron chi connectivity index (χ3n) is 3.23. The van der Waals surface area contributed by atoms with Crippen LogP contribution in [-0.4, -0.2) is 25.2 Å². The van der Waals surface area contributed by atoms with Crippen molar-refractivity contribution in [3.8, 4) is 11.5 Å². The number of ether oxygens (including phenoxy) is 2. The number of hydrogen-bond acceptors (Lipinski definition) is 3. The number of carbonyl (C=O) groups is 1. The molecule has 0 aliphatic rings. The van der Waals surface area contributed by atoms with Gasteiger partial charge in [0.2, 0.25) is 0 Å².